The summed E-state index contributed by atoms with van der Waals surface area (Å²) in [5, 5.41) is 2.96. The third-order valence-corrected chi connectivity index (χ3v) is 4.46. The summed E-state index contributed by atoms with van der Waals surface area (Å²) in [5.74, 6) is 0.268. The van der Waals surface area contributed by atoms with Gasteiger partial charge in [0.2, 0.25) is 5.91 Å². The number of nitrogens with one attached hydrogen (secondary N) is 1. The topological polar surface area (TPSA) is 58.4 Å². The van der Waals surface area contributed by atoms with E-state index >= 15 is 0 Å². The van der Waals surface area contributed by atoms with Gasteiger partial charge in [0.15, 0.2) is 0 Å². The molecule has 1 aliphatic heterocycles. The number of hydrogen-bond donors (Lipinski definition) is 2. The Morgan fingerprint density at radius 1 is 1.19 bits per heavy atom. The Kier molecular flexibility index (Phi) is 12.1. The maximum absolute atomic E-state index is 11.8. The van der Waals surface area contributed by atoms with Crippen molar-refractivity contribution < 1.29 is 4.79 Å². The van der Waals surface area contributed by atoms with Gasteiger partial charge in [-0.15, -0.1) is 12.4 Å². The summed E-state index contributed by atoms with van der Waals surface area (Å²) in [6.45, 7) is 8.64. The molecule has 5 heteroatoms. The molecule has 0 aliphatic carbocycles. The number of likely N-dealkylation sites (tertiary alicyclic amines) is 1. The van der Waals surface area contributed by atoms with Gasteiger partial charge in [-0.3, -0.25) is 4.79 Å². The fraction of sp³-hybridized carbons (Fsp3) is 0.938. The van der Waals surface area contributed by atoms with E-state index in [9.17, 15) is 4.79 Å². The second kappa shape index (κ2) is 12.2. The van der Waals surface area contributed by atoms with Crippen molar-refractivity contribution in [3.63, 3.8) is 0 Å². The van der Waals surface area contributed by atoms with Gasteiger partial charge in [0.05, 0.1) is 6.04 Å². The molecule has 1 amide bonds. The Labute approximate surface area is 136 Å². The zero-order valence-corrected chi connectivity index (χ0v) is 14.6. The number of unbranched alkanes of at least 4 members (excludes halogenated alkanes) is 2. The molecule has 4 nitrogen and oxygen atoms in total. The Morgan fingerprint density at radius 2 is 1.86 bits per heavy atom. The third-order valence-electron chi connectivity index (χ3n) is 4.46. The summed E-state index contributed by atoms with van der Waals surface area (Å²) in [6.07, 6.45) is 8.58. The number of rotatable bonds is 9. The number of nitrogens with two attached hydrogens (primary N) is 1. The van der Waals surface area contributed by atoms with Gasteiger partial charge < -0.3 is 16.0 Å². The highest BCUT2D eigenvalue weighted by molar-refractivity contribution is 5.85. The SMILES string of the molecule is CCC(C)C(N)C(=O)NCCCCCN1CCCCC1.Cl. The van der Waals surface area contributed by atoms with Crippen LogP contribution in [0.3, 0.4) is 0 Å². The van der Waals surface area contributed by atoms with Gasteiger partial charge in [0.25, 0.3) is 0 Å². The first-order chi connectivity index (χ1) is 9.65. The average molecular weight is 320 g/mol. The lowest BCUT2D eigenvalue weighted by atomic mass is 9.99. The van der Waals surface area contributed by atoms with E-state index in [-0.39, 0.29) is 30.3 Å². The van der Waals surface area contributed by atoms with Crippen molar-refractivity contribution in [2.45, 2.75) is 64.8 Å². The van der Waals surface area contributed by atoms with Crippen molar-refractivity contribution in [3.05, 3.63) is 0 Å². The van der Waals surface area contributed by atoms with Crippen LogP contribution in [0.25, 0.3) is 0 Å². The minimum absolute atomic E-state index is 0. The molecule has 0 aromatic rings. The van der Waals surface area contributed by atoms with Crippen LogP contribution in [0.5, 0.6) is 0 Å². The molecular formula is C16H34ClN3O. The molecule has 0 spiro atoms. The first kappa shape index (κ1) is 20.7. The molecule has 1 saturated heterocycles. The summed E-state index contributed by atoms with van der Waals surface area (Å²) in [5.41, 5.74) is 5.89. The largest absolute Gasteiger partial charge is 0.355 e. The Balaban J connectivity index is 0.00000400. The maximum atomic E-state index is 11.8. The number of halogens is 1. The van der Waals surface area contributed by atoms with Crippen molar-refractivity contribution in [3.8, 4) is 0 Å². The molecule has 1 aliphatic rings. The second-order valence-corrected chi connectivity index (χ2v) is 6.17. The van der Waals surface area contributed by atoms with E-state index in [2.05, 4.69) is 17.1 Å². The van der Waals surface area contributed by atoms with Gasteiger partial charge in [-0.1, -0.05) is 33.1 Å². The molecule has 0 bridgehead atoms. The van der Waals surface area contributed by atoms with E-state index in [1.165, 1.54) is 51.7 Å². The van der Waals surface area contributed by atoms with Crippen LogP contribution < -0.4 is 11.1 Å². The van der Waals surface area contributed by atoms with Crippen LogP contribution in [-0.2, 0) is 4.79 Å². The molecule has 21 heavy (non-hydrogen) atoms. The Bertz CT molecular complexity index is 270. The fourth-order valence-corrected chi connectivity index (χ4v) is 2.66. The molecule has 1 fully saturated rings. The summed E-state index contributed by atoms with van der Waals surface area (Å²) >= 11 is 0. The van der Waals surface area contributed by atoms with Crippen molar-refractivity contribution in [2.24, 2.45) is 11.7 Å². The molecule has 0 radical (unpaired) electrons. The molecule has 2 unspecified atom stereocenters. The lowest BCUT2D eigenvalue weighted by Crippen LogP contribution is -2.44. The normalized spacial score (nSPS) is 18.6. The van der Waals surface area contributed by atoms with Crippen molar-refractivity contribution in [1.29, 1.82) is 0 Å². The van der Waals surface area contributed by atoms with Gasteiger partial charge in [0, 0.05) is 6.54 Å². The molecule has 0 aromatic heterocycles. The zero-order chi connectivity index (χ0) is 14.8. The predicted octanol–water partition coefficient (Wildman–Crippen LogP) is 2.55. The van der Waals surface area contributed by atoms with E-state index < -0.39 is 0 Å². The number of amides is 1. The van der Waals surface area contributed by atoms with Gasteiger partial charge >= 0.3 is 0 Å². The molecule has 1 heterocycles. The minimum Gasteiger partial charge on any atom is -0.355 e. The maximum Gasteiger partial charge on any atom is 0.237 e. The molecular weight excluding hydrogens is 286 g/mol. The number of hydrogen-bond acceptors (Lipinski definition) is 3. The van der Waals surface area contributed by atoms with Crippen LogP contribution in [-0.4, -0.2) is 43.0 Å². The lowest BCUT2D eigenvalue weighted by Gasteiger charge is -2.26. The van der Waals surface area contributed by atoms with Crippen LogP contribution in [0.2, 0.25) is 0 Å². The molecule has 0 aromatic carbocycles. The van der Waals surface area contributed by atoms with Crippen LogP contribution in [0, 0.1) is 5.92 Å². The third kappa shape index (κ3) is 8.64. The monoisotopic (exact) mass is 319 g/mol. The fourth-order valence-electron chi connectivity index (χ4n) is 2.66. The average Bonchev–Trinajstić information content (AvgIpc) is 2.49. The number of carbonyl (C=O) groups is 1. The summed E-state index contributed by atoms with van der Waals surface area (Å²) in [7, 11) is 0. The highest BCUT2D eigenvalue weighted by Gasteiger charge is 2.18. The standard InChI is InChI=1S/C16H33N3O.ClH/c1-3-14(2)15(17)16(20)18-10-6-4-7-11-19-12-8-5-9-13-19;/h14-15H,3-13,17H2,1-2H3,(H,18,20);1H. The van der Waals surface area contributed by atoms with Crippen LogP contribution in [0.15, 0.2) is 0 Å². The number of piperidine rings is 1. The van der Waals surface area contributed by atoms with E-state index in [0.717, 1.165) is 19.4 Å². The molecule has 1 rings (SSSR count). The summed E-state index contributed by atoms with van der Waals surface area (Å²) in [4.78, 5) is 14.3. The van der Waals surface area contributed by atoms with Gasteiger partial charge in [-0.2, -0.15) is 0 Å². The van der Waals surface area contributed by atoms with Gasteiger partial charge in [-0.05, 0) is 51.2 Å². The van der Waals surface area contributed by atoms with Crippen molar-refractivity contribution >= 4 is 18.3 Å². The van der Waals surface area contributed by atoms with Crippen LogP contribution in [0.1, 0.15) is 58.8 Å². The van der Waals surface area contributed by atoms with Crippen molar-refractivity contribution in [1.82, 2.24) is 10.2 Å². The zero-order valence-electron chi connectivity index (χ0n) is 13.8. The highest BCUT2D eigenvalue weighted by atomic mass is 35.5. The summed E-state index contributed by atoms with van der Waals surface area (Å²) in [6, 6.07) is -0.353. The van der Waals surface area contributed by atoms with Gasteiger partial charge in [-0.25, -0.2) is 0 Å². The first-order valence-electron chi connectivity index (χ1n) is 8.40. The Hall–Kier alpha value is -0.320. The second-order valence-electron chi connectivity index (χ2n) is 6.17. The van der Waals surface area contributed by atoms with E-state index in [0.29, 0.717) is 0 Å². The quantitative estimate of drug-likeness (QED) is 0.642. The molecule has 126 valence electrons. The first-order valence-corrected chi connectivity index (χ1v) is 8.40. The van der Waals surface area contributed by atoms with E-state index in [1.807, 2.05) is 6.92 Å². The lowest BCUT2D eigenvalue weighted by molar-refractivity contribution is -0.123. The summed E-state index contributed by atoms with van der Waals surface area (Å²) < 4.78 is 0. The molecule has 2 atom stereocenters. The number of nitrogens with zero attached hydrogens (tertiary/aromatic N) is 1. The van der Waals surface area contributed by atoms with Crippen LogP contribution in [0.4, 0.5) is 0 Å². The van der Waals surface area contributed by atoms with E-state index in [1.54, 1.807) is 0 Å². The minimum atomic E-state index is -0.353. The smallest absolute Gasteiger partial charge is 0.237 e. The van der Waals surface area contributed by atoms with Gasteiger partial charge in [0.1, 0.15) is 0 Å². The highest BCUT2D eigenvalue weighted by Crippen LogP contribution is 2.10. The van der Waals surface area contributed by atoms with Crippen molar-refractivity contribution in [2.75, 3.05) is 26.2 Å². The number of carbonyl (C=O) groups excluding carboxylic acids is 1. The molecule has 3 N–H and O–H groups in total. The molecule has 0 saturated carbocycles. The Morgan fingerprint density at radius 3 is 2.48 bits per heavy atom. The predicted molar refractivity (Wildman–Crippen MR) is 91.8 cm³/mol. The van der Waals surface area contributed by atoms with E-state index in [4.69, 9.17) is 5.73 Å². The van der Waals surface area contributed by atoms with Crippen LogP contribution >= 0.6 is 12.4 Å².